The molecular weight excluding hydrogens is 356 g/mol. The van der Waals surface area contributed by atoms with Gasteiger partial charge in [0.05, 0.1) is 5.54 Å². The summed E-state index contributed by atoms with van der Waals surface area (Å²) >= 11 is 1.53. The van der Waals surface area contributed by atoms with Crippen LogP contribution < -0.4 is 11.1 Å². The van der Waals surface area contributed by atoms with Gasteiger partial charge in [0.2, 0.25) is 0 Å². The standard InChI is InChI=1S/C19H19F2N3OS/c1-19(9-10-26-18(22)24-19)13-7-5-12(6-8-13)17(25)23-11-14-15(20)3-2-4-16(14)21/h2-8H,9-11H2,1H3,(H2,22,24)(H,23,25). The minimum Gasteiger partial charge on any atom is -0.379 e. The topological polar surface area (TPSA) is 67.5 Å². The van der Waals surface area contributed by atoms with Crippen molar-refractivity contribution in [1.82, 2.24) is 5.32 Å². The van der Waals surface area contributed by atoms with Gasteiger partial charge in [0.15, 0.2) is 5.17 Å². The van der Waals surface area contributed by atoms with Crippen molar-refractivity contribution < 1.29 is 13.6 Å². The number of nitrogens with two attached hydrogens (primary N) is 1. The molecular formula is C19H19F2N3OS. The van der Waals surface area contributed by atoms with Gasteiger partial charge in [0.25, 0.3) is 5.91 Å². The molecule has 0 aliphatic carbocycles. The van der Waals surface area contributed by atoms with Crippen LogP contribution in [-0.4, -0.2) is 16.8 Å². The summed E-state index contributed by atoms with van der Waals surface area (Å²) in [6, 6.07) is 10.6. The van der Waals surface area contributed by atoms with E-state index in [0.29, 0.717) is 10.7 Å². The quantitative estimate of drug-likeness (QED) is 0.859. The van der Waals surface area contributed by atoms with Gasteiger partial charge in [-0.3, -0.25) is 9.79 Å². The molecule has 2 aromatic carbocycles. The van der Waals surface area contributed by atoms with Crippen molar-refractivity contribution in [2.75, 3.05) is 5.75 Å². The van der Waals surface area contributed by atoms with Crippen LogP contribution in [0.5, 0.6) is 0 Å². The Balaban J connectivity index is 1.70. The molecule has 3 N–H and O–H groups in total. The van der Waals surface area contributed by atoms with Gasteiger partial charge in [0, 0.05) is 23.4 Å². The molecule has 1 amide bonds. The van der Waals surface area contributed by atoms with E-state index < -0.39 is 23.1 Å². The molecule has 0 fully saturated rings. The van der Waals surface area contributed by atoms with Crippen LogP contribution in [0, 0.1) is 11.6 Å². The molecule has 1 aliphatic heterocycles. The first-order chi connectivity index (χ1) is 12.4. The summed E-state index contributed by atoms with van der Waals surface area (Å²) in [6.45, 7) is 1.80. The summed E-state index contributed by atoms with van der Waals surface area (Å²) in [4.78, 5) is 16.8. The van der Waals surface area contributed by atoms with E-state index in [2.05, 4.69) is 10.3 Å². The highest BCUT2D eigenvalue weighted by Crippen LogP contribution is 2.34. The lowest BCUT2D eigenvalue weighted by molar-refractivity contribution is 0.0950. The van der Waals surface area contributed by atoms with Gasteiger partial charge in [0.1, 0.15) is 11.6 Å². The Morgan fingerprint density at radius 1 is 1.23 bits per heavy atom. The molecule has 1 aliphatic rings. The Labute approximate surface area is 154 Å². The highest BCUT2D eigenvalue weighted by Gasteiger charge is 2.29. The van der Waals surface area contributed by atoms with E-state index in [4.69, 9.17) is 5.73 Å². The van der Waals surface area contributed by atoms with Crippen LogP contribution in [0.15, 0.2) is 47.5 Å². The monoisotopic (exact) mass is 375 g/mol. The second-order valence-corrected chi connectivity index (χ2v) is 7.40. The number of hydrogen-bond acceptors (Lipinski definition) is 4. The number of carbonyl (C=O) groups excluding carboxylic acids is 1. The molecule has 0 saturated carbocycles. The van der Waals surface area contributed by atoms with E-state index in [-0.39, 0.29) is 12.1 Å². The van der Waals surface area contributed by atoms with Crippen molar-refractivity contribution in [2.24, 2.45) is 10.7 Å². The summed E-state index contributed by atoms with van der Waals surface area (Å²) in [5.41, 5.74) is 6.66. The number of rotatable bonds is 4. The van der Waals surface area contributed by atoms with Gasteiger partial charge in [-0.2, -0.15) is 0 Å². The number of carbonyl (C=O) groups is 1. The predicted molar refractivity (Wildman–Crippen MR) is 100 cm³/mol. The zero-order valence-electron chi connectivity index (χ0n) is 14.3. The van der Waals surface area contributed by atoms with Crippen molar-refractivity contribution in [3.8, 4) is 0 Å². The number of nitrogens with one attached hydrogen (secondary N) is 1. The summed E-state index contributed by atoms with van der Waals surface area (Å²) in [6.07, 6.45) is 0.858. The smallest absolute Gasteiger partial charge is 0.251 e. The first-order valence-corrected chi connectivity index (χ1v) is 9.17. The van der Waals surface area contributed by atoms with Gasteiger partial charge < -0.3 is 11.1 Å². The first-order valence-electron chi connectivity index (χ1n) is 8.19. The van der Waals surface area contributed by atoms with Crippen molar-refractivity contribution in [2.45, 2.75) is 25.4 Å². The molecule has 0 aromatic heterocycles. The SMILES string of the molecule is CC1(c2ccc(C(=O)NCc3c(F)cccc3F)cc2)CCSC(N)=N1. The zero-order valence-corrected chi connectivity index (χ0v) is 15.1. The summed E-state index contributed by atoms with van der Waals surface area (Å²) < 4.78 is 27.2. The Hall–Kier alpha value is -2.41. The lowest BCUT2D eigenvalue weighted by atomic mass is 9.89. The minimum atomic E-state index is -0.681. The van der Waals surface area contributed by atoms with Crippen LogP contribution in [-0.2, 0) is 12.1 Å². The number of halogens is 2. The fourth-order valence-corrected chi connectivity index (χ4v) is 3.82. The number of hydrogen-bond donors (Lipinski definition) is 2. The fraction of sp³-hybridized carbons (Fsp3) is 0.263. The molecule has 0 saturated heterocycles. The van der Waals surface area contributed by atoms with E-state index in [0.717, 1.165) is 29.9 Å². The van der Waals surface area contributed by atoms with E-state index in [1.807, 2.05) is 19.1 Å². The molecule has 0 bridgehead atoms. The van der Waals surface area contributed by atoms with Crippen LogP contribution in [0.3, 0.4) is 0 Å². The maximum atomic E-state index is 13.6. The van der Waals surface area contributed by atoms with E-state index in [9.17, 15) is 13.6 Å². The van der Waals surface area contributed by atoms with E-state index in [1.165, 1.54) is 17.8 Å². The van der Waals surface area contributed by atoms with E-state index in [1.54, 1.807) is 12.1 Å². The second kappa shape index (κ2) is 7.45. The van der Waals surface area contributed by atoms with Gasteiger partial charge in [-0.1, -0.05) is 30.0 Å². The average Bonchev–Trinajstić information content (AvgIpc) is 2.61. The zero-order chi connectivity index (χ0) is 18.7. The second-order valence-electron chi connectivity index (χ2n) is 6.28. The maximum absolute atomic E-state index is 13.6. The molecule has 0 spiro atoms. The van der Waals surface area contributed by atoms with Crippen molar-refractivity contribution >= 4 is 22.8 Å². The van der Waals surface area contributed by atoms with Crippen LogP contribution in [0.25, 0.3) is 0 Å². The normalized spacial score (nSPS) is 19.7. The number of amides is 1. The molecule has 4 nitrogen and oxygen atoms in total. The van der Waals surface area contributed by atoms with Crippen LogP contribution in [0.1, 0.15) is 34.8 Å². The van der Waals surface area contributed by atoms with Crippen molar-refractivity contribution in [3.63, 3.8) is 0 Å². The third-order valence-electron chi connectivity index (χ3n) is 4.45. The summed E-state index contributed by atoms with van der Waals surface area (Å²) in [5, 5.41) is 3.11. The third-order valence-corrected chi connectivity index (χ3v) is 5.25. The van der Waals surface area contributed by atoms with Gasteiger partial charge in [-0.25, -0.2) is 8.78 Å². The Morgan fingerprint density at radius 3 is 2.50 bits per heavy atom. The lowest BCUT2D eigenvalue weighted by Crippen LogP contribution is -2.29. The number of aliphatic imine (C=N–C) groups is 1. The Bertz CT molecular complexity index is 834. The van der Waals surface area contributed by atoms with Crippen molar-refractivity contribution in [3.05, 3.63) is 70.8 Å². The van der Waals surface area contributed by atoms with Crippen LogP contribution in [0.2, 0.25) is 0 Å². The Kier molecular flexibility index (Phi) is 5.27. The fourth-order valence-electron chi connectivity index (χ4n) is 2.85. The molecule has 136 valence electrons. The first kappa shape index (κ1) is 18.4. The number of amidine groups is 1. The molecule has 1 atom stereocenters. The summed E-state index contributed by atoms with van der Waals surface area (Å²) in [7, 11) is 0. The number of thioether (sulfide) groups is 1. The van der Waals surface area contributed by atoms with Gasteiger partial charge in [-0.15, -0.1) is 0 Å². The largest absolute Gasteiger partial charge is 0.379 e. The molecule has 0 radical (unpaired) electrons. The molecule has 7 heteroatoms. The van der Waals surface area contributed by atoms with Crippen LogP contribution >= 0.6 is 11.8 Å². The van der Waals surface area contributed by atoms with Gasteiger partial charge in [-0.05, 0) is 43.2 Å². The summed E-state index contributed by atoms with van der Waals surface area (Å²) in [5.74, 6) is -0.868. The molecule has 1 heterocycles. The number of nitrogens with zero attached hydrogens (tertiary/aromatic N) is 1. The molecule has 1 unspecified atom stereocenters. The van der Waals surface area contributed by atoms with Crippen molar-refractivity contribution in [1.29, 1.82) is 0 Å². The average molecular weight is 375 g/mol. The Morgan fingerprint density at radius 2 is 1.88 bits per heavy atom. The van der Waals surface area contributed by atoms with Crippen LogP contribution in [0.4, 0.5) is 8.78 Å². The minimum absolute atomic E-state index is 0.158. The predicted octanol–water partition coefficient (Wildman–Crippen LogP) is 3.56. The third kappa shape index (κ3) is 3.88. The maximum Gasteiger partial charge on any atom is 0.251 e. The lowest BCUT2D eigenvalue weighted by Gasteiger charge is -2.29. The highest BCUT2D eigenvalue weighted by molar-refractivity contribution is 8.13. The molecule has 26 heavy (non-hydrogen) atoms. The number of benzene rings is 2. The van der Waals surface area contributed by atoms with E-state index >= 15 is 0 Å². The highest BCUT2D eigenvalue weighted by atomic mass is 32.2. The molecule has 3 rings (SSSR count). The van der Waals surface area contributed by atoms with Gasteiger partial charge >= 0.3 is 0 Å². The molecule has 2 aromatic rings.